The summed E-state index contributed by atoms with van der Waals surface area (Å²) in [5.41, 5.74) is -0.0976. The maximum absolute atomic E-state index is 13.8. The van der Waals surface area contributed by atoms with Crippen molar-refractivity contribution in [2.45, 2.75) is 32.0 Å². The second-order valence-electron chi connectivity index (χ2n) is 4.69. The van der Waals surface area contributed by atoms with Crippen LogP contribution in [0.2, 0.25) is 0 Å². The molecule has 1 heterocycles. The SMILES string of the molecule is CC1CCOC1C(O)Cc1c(F)ccc(Br)c1F. The molecule has 2 nitrogen and oxygen atoms in total. The van der Waals surface area contributed by atoms with E-state index in [4.69, 9.17) is 4.74 Å². The highest BCUT2D eigenvalue weighted by atomic mass is 79.9. The molecule has 1 aliphatic heterocycles. The molecule has 0 bridgehead atoms. The molecule has 1 aliphatic rings. The first kappa shape index (κ1) is 13.9. The average molecular weight is 321 g/mol. The fraction of sp³-hybridized carbons (Fsp3) is 0.538. The predicted octanol–water partition coefficient (Wildman–Crippen LogP) is 3.06. The van der Waals surface area contributed by atoms with Crippen molar-refractivity contribution < 1.29 is 18.6 Å². The summed E-state index contributed by atoms with van der Waals surface area (Å²) in [6.07, 6.45) is -0.444. The van der Waals surface area contributed by atoms with Gasteiger partial charge in [-0.1, -0.05) is 6.92 Å². The van der Waals surface area contributed by atoms with E-state index in [1.165, 1.54) is 12.1 Å². The van der Waals surface area contributed by atoms with Gasteiger partial charge in [0.2, 0.25) is 0 Å². The first-order valence-electron chi connectivity index (χ1n) is 5.92. The molecule has 1 aromatic rings. The molecule has 1 fully saturated rings. The molecule has 0 saturated carbocycles. The minimum atomic E-state index is -0.888. The fourth-order valence-electron chi connectivity index (χ4n) is 2.29. The van der Waals surface area contributed by atoms with E-state index in [9.17, 15) is 13.9 Å². The van der Waals surface area contributed by atoms with E-state index in [0.717, 1.165) is 6.42 Å². The summed E-state index contributed by atoms with van der Waals surface area (Å²) in [7, 11) is 0. The lowest BCUT2D eigenvalue weighted by Crippen LogP contribution is -2.32. The van der Waals surface area contributed by atoms with Crippen LogP contribution in [0.25, 0.3) is 0 Å². The topological polar surface area (TPSA) is 29.5 Å². The molecule has 0 aromatic heterocycles. The van der Waals surface area contributed by atoms with Crippen molar-refractivity contribution in [1.29, 1.82) is 0 Å². The number of hydrogen-bond donors (Lipinski definition) is 1. The highest BCUT2D eigenvalue weighted by molar-refractivity contribution is 9.10. The Morgan fingerprint density at radius 2 is 2.22 bits per heavy atom. The van der Waals surface area contributed by atoms with Crippen molar-refractivity contribution in [3.05, 3.63) is 33.8 Å². The van der Waals surface area contributed by atoms with Crippen LogP contribution in [0, 0.1) is 17.6 Å². The minimum Gasteiger partial charge on any atom is -0.390 e. The molecule has 0 spiro atoms. The lowest BCUT2D eigenvalue weighted by molar-refractivity contribution is -0.0164. The molecule has 2 rings (SSSR count). The summed E-state index contributed by atoms with van der Waals surface area (Å²) in [5.74, 6) is -1.08. The average Bonchev–Trinajstić information content (AvgIpc) is 2.76. The van der Waals surface area contributed by atoms with E-state index in [-0.39, 0.29) is 28.5 Å². The summed E-state index contributed by atoms with van der Waals surface area (Å²) in [6.45, 7) is 2.56. The number of aliphatic hydroxyl groups excluding tert-OH is 1. The van der Waals surface area contributed by atoms with Gasteiger partial charge in [-0.25, -0.2) is 8.78 Å². The van der Waals surface area contributed by atoms with E-state index in [1.54, 1.807) is 0 Å². The molecule has 5 heteroatoms. The molecule has 100 valence electrons. The van der Waals surface area contributed by atoms with Crippen LogP contribution in [0.5, 0.6) is 0 Å². The van der Waals surface area contributed by atoms with Gasteiger partial charge in [0.25, 0.3) is 0 Å². The Kier molecular flexibility index (Phi) is 4.35. The van der Waals surface area contributed by atoms with E-state index < -0.39 is 17.7 Å². The largest absolute Gasteiger partial charge is 0.390 e. The standard InChI is InChI=1S/C13H15BrF2O2/c1-7-4-5-18-13(7)11(17)6-8-10(15)3-2-9(14)12(8)16/h2-3,7,11,13,17H,4-6H2,1H3. The highest BCUT2D eigenvalue weighted by Crippen LogP contribution is 2.27. The zero-order valence-electron chi connectivity index (χ0n) is 10.00. The predicted molar refractivity (Wildman–Crippen MR) is 67.3 cm³/mol. The molecule has 0 amide bonds. The Bertz CT molecular complexity index is 439. The first-order chi connectivity index (χ1) is 8.50. The maximum atomic E-state index is 13.8. The van der Waals surface area contributed by atoms with Crippen LogP contribution in [-0.2, 0) is 11.2 Å². The molecule has 0 radical (unpaired) electrons. The summed E-state index contributed by atoms with van der Waals surface area (Å²) in [5, 5.41) is 10.0. The van der Waals surface area contributed by atoms with Crippen LogP contribution < -0.4 is 0 Å². The minimum absolute atomic E-state index is 0.0773. The summed E-state index contributed by atoms with van der Waals surface area (Å²) >= 11 is 3.01. The lowest BCUT2D eigenvalue weighted by atomic mass is 9.95. The number of rotatable bonds is 3. The number of halogens is 3. The molecule has 3 unspecified atom stereocenters. The molecular weight excluding hydrogens is 306 g/mol. The third-order valence-corrected chi connectivity index (χ3v) is 3.99. The summed E-state index contributed by atoms with van der Waals surface area (Å²) in [6, 6.07) is 2.50. The van der Waals surface area contributed by atoms with Gasteiger partial charge in [0.15, 0.2) is 0 Å². The van der Waals surface area contributed by atoms with Crippen molar-refractivity contribution in [1.82, 2.24) is 0 Å². The third-order valence-electron chi connectivity index (χ3n) is 3.38. The monoisotopic (exact) mass is 320 g/mol. The van der Waals surface area contributed by atoms with Crippen molar-refractivity contribution in [3.8, 4) is 0 Å². The van der Waals surface area contributed by atoms with Gasteiger partial charge in [0.1, 0.15) is 11.6 Å². The fourth-order valence-corrected chi connectivity index (χ4v) is 2.66. The van der Waals surface area contributed by atoms with Gasteiger partial charge >= 0.3 is 0 Å². The van der Waals surface area contributed by atoms with Crippen LogP contribution in [0.4, 0.5) is 8.78 Å². The maximum Gasteiger partial charge on any atom is 0.143 e. The smallest absolute Gasteiger partial charge is 0.143 e. The Hall–Kier alpha value is -0.520. The Balaban J connectivity index is 2.16. The summed E-state index contributed by atoms with van der Waals surface area (Å²) in [4.78, 5) is 0. The van der Waals surface area contributed by atoms with Crippen LogP contribution in [0.15, 0.2) is 16.6 Å². The zero-order valence-corrected chi connectivity index (χ0v) is 11.6. The van der Waals surface area contributed by atoms with Gasteiger partial charge in [-0.3, -0.25) is 0 Å². The second kappa shape index (κ2) is 5.63. The van der Waals surface area contributed by atoms with Crippen molar-refractivity contribution in [3.63, 3.8) is 0 Å². The lowest BCUT2D eigenvalue weighted by Gasteiger charge is -2.21. The van der Waals surface area contributed by atoms with E-state index in [2.05, 4.69) is 15.9 Å². The number of ether oxygens (including phenoxy) is 1. The van der Waals surface area contributed by atoms with Gasteiger partial charge in [0, 0.05) is 18.6 Å². The number of hydrogen-bond acceptors (Lipinski definition) is 2. The Labute approximate surface area is 113 Å². The quantitative estimate of drug-likeness (QED) is 0.867. The van der Waals surface area contributed by atoms with Crippen molar-refractivity contribution in [2.24, 2.45) is 5.92 Å². The molecule has 0 aliphatic carbocycles. The molecule has 18 heavy (non-hydrogen) atoms. The molecule has 1 saturated heterocycles. The Morgan fingerprint density at radius 3 is 2.83 bits per heavy atom. The van der Waals surface area contributed by atoms with Gasteiger partial charge in [-0.15, -0.1) is 0 Å². The number of aliphatic hydroxyl groups is 1. The normalized spacial score (nSPS) is 25.4. The zero-order chi connectivity index (χ0) is 13.3. The molecule has 1 aromatic carbocycles. The highest BCUT2D eigenvalue weighted by Gasteiger charge is 2.32. The molecule has 1 N–H and O–H groups in total. The van der Waals surface area contributed by atoms with Crippen molar-refractivity contribution >= 4 is 15.9 Å². The van der Waals surface area contributed by atoms with E-state index in [1.807, 2.05) is 6.92 Å². The van der Waals surface area contributed by atoms with Gasteiger partial charge < -0.3 is 9.84 Å². The third kappa shape index (κ3) is 2.73. The Morgan fingerprint density at radius 1 is 1.50 bits per heavy atom. The van der Waals surface area contributed by atoms with E-state index in [0.29, 0.717) is 6.61 Å². The van der Waals surface area contributed by atoms with E-state index >= 15 is 0 Å². The first-order valence-corrected chi connectivity index (χ1v) is 6.72. The molecule has 3 atom stereocenters. The summed E-state index contributed by atoms with van der Waals surface area (Å²) < 4.78 is 32.9. The van der Waals surface area contributed by atoms with Crippen LogP contribution >= 0.6 is 15.9 Å². The van der Waals surface area contributed by atoms with Crippen molar-refractivity contribution in [2.75, 3.05) is 6.61 Å². The van der Waals surface area contributed by atoms with Crippen LogP contribution in [0.3, 0.4) is 0 Å². The number of benzene rings is 1. The second-order valence-corrected chi connectivity index (χ2v) is 5.55. The van der Waals surface area contributed by atoms with Gasteiger partial charge in [-0.05, 0) is 40.4 Å². The van der Waals surface area contributed by atoms with Crippen LogP contribution in [-0.4, -0.2) is 23.9 Å². The molecular formula is C13H15BrF2O2. The van der Waals surface area contributed by atoms with Gasteiger partial charge in [-0.2, -0.15) is 0 Å². The van der Waals surface area contributed by atoms with Gasteiger partial charge in [0.05, 0.1) is 16.7 Å². The van der Waals surface area contributed by atoms with Crippen LogP contribution in [0.1, 0.15) is 18.9 Å².